The lowest BCUT2D eigenvalue weighted by molar-refractivity contribution is -0.134. The molecule has 192 valence electrons. The number of rotatable bonds is 13. The van der Waals surface area contributed by atoms with Gasteiger partial charge in [-0.1, -0.05) is 72.3 Å². The molecule has 1 heterocycles. The van der Waals surface area contributed by atoms with Gasteiger partial charge < -0.3 is 21.5 Å². The minimum absolute atomic E-state index is 0.0192. The Labute approximate surface area is 205 Å². The summed E-state index contributed by atoms with van der Waals surface area (Å²) in [7, 11) is 0. The summed E-state index contributed by atoms with van der Waals surface area (Å²) >= 11 is 0. The van der Waals surface area contributed by atoms with E-state index >= 15 is 0 Å². The molecule has 7 nitrogen and oxygen atoms in total. The highest BCUT2D eigenvalue weighted by Crippen LogP contribution is 2.29. The number of hydrogen-bond acceptors (Lipinski definition) is 5. The average molecular weight is 475 g/mol. The van der Waals surface area contributed by atoms with Crippen LogP contribution in [0.15, 0.2) is 24.4 Å². The quantitative estimate of drug-likeness (QED) is 0.349. The Kier molecular flexibility index (Phi) is 12.0. The lowest BCUT2D eigenvalue weighted by atomic mass is 9.81. The Balaban J connectivity index is 1.98. The van der Waals surface area contributed by atoms with E-state index in [-0.39, 0.29) is 29.7 Å². The van der Waals surface area contributed by atoms with Crippen molar-refractivity contribution in [2.24, 2.45) is 29.4 Å². The third-order valence-corrected chi connectivity index (χ3v) is 7.42. The van der Waals surface area contributed by atoms with Crippen molar-refractivity contribution < 1.29 is 14.7 Å². The molecule has 2 rings (SSSR count). The van der Waals surface area contributed by atoms with Crippen LogP contribution < -0.4 is 16.4 Å². The van der Waals surface area contributed by atoms with Gasteiger partial charge in [-0.3, -0.25) is 14.6 Å². The van der Waals surface area contributed by atoms with Crippen molar-refractivity contribution in [2.75, 3.05) is 0 Å². The molecule has 34 heavy (non-hydrogen) atoms. The van der Waals surface area contributed by atoms with E-state index in [0.717, 1.165) is 18.5 Å². The third-order valence-electron chi connectivity index (χ3n) is 7.42. The molecule has 1 aromatic rings. The molecule has 0 radical (unpaired) electrons. The molecule has 0 bridgehead atoms. The van der Waals surface area contributed by atoms with Gasteiger partial charge in [-0.2, -0.15) is 0 Å². The second-order valence-electron chi connectivity index (χ2n) is 10.5. The molecule has 0 saturated heterocycles. The maximum Gasteiger partial charge on any atom is 0.243 e. The maximum absolute atomic E-state index is 13.3. The molecule has 7 heteroatoms. The summed E-state index contributed by atoms with van der Waals surface area (Å²) in [5.74, 6) is -0.267. The van der Waals surface area contributed by atoms with Gasteiger partial charge in [0.25, 0.3) is 0 Å². The number of carbonyl (C=O) groups is 2. The SMILES string of the molecule is CCC(C)[C@H](NC(=O)[C@@H](C[C@H](O)[C@@H](N)CC1CCCCC1)C(C)C)C(=O)NCc1ccccn1. The Morgan fingerprint density at radius 1 is 1.15 bits per heavy atom. The monoisotopic (exact) mass is 474 g/mol. The molecule has 1 aliphatic carbocycles. The van der Waals surface area contributed by atoms with Crippen molar-refractivity contribution in [2.45, 2.75) is 104 Å². The van der Waals surface area contributed by atoms with Gasteiger partial charge in [0, 0.05) is 18.2 Å². The van der Waals surface area contributed by atoms with Gasteiger partial charge in [-0.15, -0.1) is 0 Å². The summed E-state index contributed by atoms with van der Waals surface area (Å²) in [6, 6.07) is 4.58. The highest BCUT2D eigenvalue weighted by Gasteiger charge is 2.33. The summed E-state index contributed by atoms with van der Waals surface area (Å²) < 4.78 is 0. The topological polar surface area (TPSA) is 117 Å². The van der Waals surface area contributed by atoms with Crippen molar-refractivity contribution in [3.63, 3.8) is 0 Å². The largest absolute Gasteiger partial charge is 0.391 e. The zero-order valence-electron chi connectivity index (χ0n) is 21.5. The number of nitrogens with zero attached hydrogens (tertiary/aromatic N) is 1. The molecule has 0 aliphatic heterocycles. The summed E-state index contributed by atoms with van der Waals surface area (Å²) in [5, 5.41) is 16.7. The molecule has 2 amide bonds. The van der Waals surface area contributed by atoms with Crippen LogP contribution >= 0.6 is 0 Å². The fourth-order valence-electron chi connectivity index (χ4n) is 4.83. The van der Waals surface area contributed by atoms with Gasteiger partial charge in [0.15, 0.2) is 0 Å². The number of pyridine rings is 1. The number of aliphatic hydroxyl groups excluding tert-OH is 1. The first-order valence-corrected chi connectivity index (χ1v) is 13.1. The van der Waals surface area contributed by atoms with Gasteiger partial charge in [-0.05, 0) is 42.7 Å². The molecule has 1 fully saturated rings. The molecule has 1 saturated carbocycles. The van der Waals surface area contributed by atoms with Crippen LogP contribution in [-0.4, -0.2) is 40.1 Å². The van der Waals surface area contributed by atoms with Gasteiger partial charge >= 0.3 is 0 Å². The summed E-state index contributed by atoms with van der Waals surface area (Å²) in [4.78, 5) is 30.5. The second-order valence-corrected chi connectivity index (χ2v) is 10.5. The smallest absolute Gasteiger partial charge is 0.243 e. The minimum atomic E-state index is -0.736. The first kappa shape index (κ1) is 28.2. The normalized spacial score (nSPS) is 19.1. The van der Waals surface area contributed by atoms with E-state index in [9.17, 15) is 14.7 Å². The van der Waals surface area contributed by atoms with Crippen LogP contribution in [0, 0.1) is 23.7 Å². The van der Waals surface area contributed by atoms with Crippen molar-refractivity contribution in [3.8, 4) is 0 Å². The Bertz CT molecular complexity index is 737. The molecule has 5 N–H and O–H groups in total. The summed E-state index contributed by atoms with van der Waals surface area (Å²) in [5.41, 5.74) is 7.12. The lowest BCUT2D eigenvalue weighted by Gasteiger charge is -2.31. The van der Waals surface area contributed by atoms with E-state index in [0.29, 0.717) is 18.9 Å². The van der Waals surface area contributed by atoms with Crippen LogP contribution in [-0.2, 0) is 16.1 Å². The molecule has 0 spiro atoms. The van der Waals surface area contributed by atoms with E-state index in [1.807, 2.05) is 45.9 Å². The van der Waals surface area contributed by atoms with E-state index < -0.39 is 18.1 Å². The first-order chi connectivity index (χ1) is 16.2. The van der Waals surface area contributed by atoms with Crippen LogP contribution in [0.25, 0.3) is 0 Å². The Morgan fingerprint density at radius 2 is 1.85 bits per heavy atom. The number of aromatic nitrogens is 1. The highest BCUT2D eigenvalue weighted by atomic mass is 16.3. The molecule has 5 atom stereocenters. The predicted molar refractivity (Wildman–Crippen MR) is 136 cm³/mol. The first-order valence-electron chi connectivity index (χ1n) is 13.1. The minimum Gasteiger partial charge on any atom is -0.391 e. The molecular weight excluding hydrogens is 428 g/mol. The number of nitrogens with two attached hydrogens (primary N) is 1. The fourth-order valence-corrected chi connectivity index (χ4v) is 4.83. The standard InChI is InChI=1S/C27H46N4O3/c1-5-19(4)25(27(34)30-17-21-13-9-10-14-29-21)31-26(33)22(18(2)3)16-24(32)23(28)15-20-11-7-6-8-12-20/h9-10,13-14,18-20,22-25,32H,5-8,11-12,15-17,28H2,1-4H3,(H,30,34)(H,31,33)/t19?,22-,23-,24-,25-/m0/s1. The number of nitrogens with one attached hydrogen (secondary N) is 2. The number of aliphatic hydroxyl groups is 1. The summed E-state index contributed by atoms with van der Waals surface area (Å²) in [6.07, 6.45) is 8.94. The van der Waals surface area contributed by atoms with E-state index in [4.69, 9.17) is 5.73 Å². The molecule has 0 aromatic carbocycles. The van der Waals surface area contributed by atoms with Crippen LogP contribution in [0.2, 0.25) is 0 Å². The molecule has 1 aliphatic rings. The third kappa shape index (κ3) is 8.99. The number of amides is 2. The van der Waals surface area contributed by atoms with E-state index in [1.54, 1.807) is 6.20 Å². The van der Waals surface area contributed by atoms with Crippen molar-refractivity contribution in [1.29, 1.82) is 0 Å². The second kappa shape index (κ2) is 14.4. The lowest BCUT2D eigenvalue weighted by Crippen LogP contribution is -2.52. The van der Waals surface area contributed by atoms with Crippen LogP contribution in [0.5, 0.6) is 0 Å². The van der Waals surface area contributed by atoms with Gasteiger partial charge in [0.05, 0.1) is 18.3 Å². The van der Waals surface area contributed by atoms with Crippen molar-refractivity contribution >= 4 is 11.8 Å². The van der Waals surface area contributed by atoms with Gasteiger partial charge in [-0.25, -0.2) is 0 Å². The molecule has 1 unspecified atom stereocenters. The van der Waals surface area contributed by atoms with Crippen LogP contribution in [0.4, 0.5) is 0 Å². The number of hydrogen-bond donors (Lipinski definition) is 4. The van der Waals surface area contributed by atoms with Gasteiger partial charge in [0.2, 0.25) is 11.8 Å². The Hall–Kier alpha value is -1.99. The maximum atomic E-state index is 13.3. The highest BCUT2D eigenvalue weighted by molar-refractivity contribution is 5.88. The van der Waals surface area contributed by atoms with Crippen LogP contribution in [0.1, 0.15) is 84.8 Å². The average Bonchev–Trinajstić information content (AvgIpc) is 2.84. The van der Waals surface area contributed by atoms with Crippen LogP contribution in [0.3, 0.4) is 0 Å². The molecular formula is C27H46N4O3. The zero-order chi connectivity index (χ0) is 25.1. The van der Waals surface area contributed by atoms with E-state index in [2.05, 4.69) is 15.6 Å². The number of carbonyl (C=O) groups excluding carboxylic acids is 2. The fraction of sp³-hybridized carbons (Fsp3) is 0.741. The predicted octanol–water partition coefficient (Wildman–Crippen LogP) is 3.55. The summed E-state index contributed by atoms with van der Waals surface area (Å²) in [6.45, 7) is 8.23. The van der Waals surface area contributed by atoms with Crippen molar-refractivity contribution in [1.82, 2.24) is 15.6 Å². The van der Waals surface area contributed by atoms with Crippen molar-refractivity contribution in [3.05, 3.63) is 30.1 Å². The Morgan fingerprint density at radius 3 is 2.44 bits per heavy atom. The zero-order valence-corrected chi connectivity index (χ0v) is 21.5. The molecule has 1 aromatic heterocycles. The van der Waals surface area contributed by atoms with Gasteiger partial charge in [0.1, 0.15) is 6.04 Å². The van der Waals surface area contributed by atoms with E-state index in [1.165, 1.54) is 32.1 Å².